The summed E-state index contributed by atoms with van der Waals surface area (Å²) in [6.45, 7) is 0.712. The average Bonchev–Trinajstić information content (AvgIpc) is 2.54. The normalized spacial score (nSPS) is 18.7. The maximum atomic E-state index is 6.21. The third kappa shape index (κ3) is 3.02. The zero-order valence-electron chi connectivity index (χ0n) is 11.6. The van der Waals surface area contributed by atoms with Crippen LogP contribution in [0.3, 0.4) is 0 Å². The molecule has 2 unspecified atom stereocenters. The fourth-order valence-electron chi connectivity index (χ4n) is 2.91. The van der Waals surface area contributed by atoms with Crippen LogP contribution in [0, 0.1) is 0 Å². The number of nitrogens with zero attached hydrogens (tertiary/aromatic N) is 1. The fourth-order valence-corrected chi connectivity index (χ4v) is 3.11. The Kier molecular flexibility index (Phi) is 4.39. The number of ether oxygens (including phenoxy) is 1. The highest BCUT2D eigenvalue weighted by Gasteiger charge is 2.28. The van der Waals surface area contributed by atoms with Gasteiger partial charge >= 0.3 is 0 Å². The summed E-state index contributed by atoms with van der Waals surface area (Å²) in [5.74, 6) is 7.07. The van der Waals surface area contributed by atoms with Crippen molar-refractivity contribution in [3.8, 4) is 5.75 Å². The Balaban J connectivity index is 1.86. The van der Waals surface area contributed by atoms with E-state index in [2.05, 4.69) is 16.5 Å². The highest BCUT2D eigenvalue weighted by atomic mass is 35.5. The van der Waals surface area contributed by atoms with E-state index in [1.807, 2.05) is 24.3 Å². The molecule has 0 radical (unpaired) electrons. The molecular weight excluding hydrogens is 286 g/mol. The van der Waals surface area contributed by atoms with Gasteiger partial charge in [-0.2, -0.15) is 0 Å². The standard InChI is InChI=1S/C16H18ClN3O/c17-14-10-19-7-5-11(14)9-15(20-18)12-6-8-21-16-4-2-1-3-13(12)16/h1-5,7,10,12,15,20H,6,8-9,18H2. The lowest BCUT2D eigenvalue weighted by Crippen LogP contribution is -2.43. The molecule has 1 aromatic carbocycles. The summed E-state index contributed by atoms with van der Waals surface area (Å²) < 4.78 is 5.72. The predicted molar refractivity (Wildman–Crippen MR) is 83.4 cm³/mol. The van der Waals surface area contributed by atoms with Gasteiger partial charge in [0.2, 0.25) is 0 Å². The number of nitrogens with two attached hydrogens (primary N) is 1. The van der Waals surface area contributed by atoms with Crippen LogP contribution in [-0.4, -0.2) is 17.6 Å². The first-order valence-electron chi connectivity index (χ1n) is 7.06. The summed E-state index contributed by atoms with van der Waals surface area (Å²) in [6.07, 6.45) is 5.13. The van der Waals surface area contributed by atoms with E-state index in [-0.39, 0.29) is 6.04 Å². The van der Waals surface area contributed by atoms with E-state index in [1.165, 1.54) is 5.56 Å². The highest BCUT2D eigenvalue weighted by molar-refractivity contribution is 6.31. The van der Waals surface area contributed by atoms with E-state index < -0.39 is 0 Å². The van der Waals surface area contributed by atoms with E-state index in [0.717, 1.165) is 24.2 Å². The molecule has 1 aliphatic rings. The van der Waals surface area contributed by atoms with Gasteiger partial charge in [-0.1, -0.05) is 29.8 Å². The number of benzene rings is 1. The van der Waals surface area contributed by atoms with Gasteiger partial charge < -0.3 is 4.74 Å². The summed E-state index contributed by atoms with van der Waals surface area (Å²) in [6, 6.07) is 10.2. The smallest absolute Gasteiger partial charge is 0.122 e. The number of hydrogen-bond acceptors (Lipinski definition) is 4. The summed E-state index contributed by atoms with van der Waals surface area (Å²) in [5.41, 5.74) is 5.21. The maximum absolute atomic E-state index is 6.21. The summed E-state index contributed by atoms with van der Waals surface area (Å²) in [7, 11) is 0. The van der Waals surface area contributed by atoms with E-state index in [0.29, 0.717) is 17.5 Å². The lowest BCUT2D eigenvalue weighted by Gasteiger charge is -2.32. The molecule has 2 heterocycles. The van der Waals surface area contributed by atoms with Crippen LogP contribution in [0.2, 0.25) is 5.02 Å². The molecule has 1 aromatic heterocycles. The van der Waals surface area contributed by atoms with Crippen molar-refractivity contribution in [3.63, 3.8) is 0 Å². The minimum absolute atomic E-state index is 0.106. The molecule has 2 atom stereocenters. The largest absolute Gasteiger partial charge is 0.493 e. The van der Waals surface area contributed by atoms with Crippen molar-refractivity contribution in [2.24, 2.45) is 5.84 Å². The Hall–Kier alpha value is -1.62. The van der Waals surface area contributed by atoms with Gasteiger partial charge in [0.05, 0.1) is 11.6 Å². The van der Waals surface area contributed by atoms with Gasteiger partial charge in [-0.05, 0) is 36.1 Å². The Morgan fingerprint density at radius 3 is 3.05 bits per heavy atom. The van der Waals surface area contributed by atoms with Crippen LogP contribution in [0.1, 0.15) is 23.5 Å². The number of halogens is 1. The van der Waals surface area contributed by atoms with Crippen LogP contribution in [0.25, 0.3) is 0 Å². The second-order valence-corrected chi connectivity index (χ2v) is 5.63. The third-order valence-corrected chi connectivity index (χ3v) is 4.34. The first kappa shape index (κ1) is 14.3. The van der Waals surface area contributed by atoms with Crippen molar-refractivity contribution < 1.29 is 4.74 Å². The van der Waals surface area contributed by atoms with Crippen molar-refractivity contribution in [3.05, 3.63) is 58.9 Å². The highest BCUT2D eigenvalue weighted by Crippen LogP contribution is 2.36. The Morgan fingerprint density at radius 2 is 2.24 bits per heavy atom. The molecule has 0 amide bonds. The molecule has 110 valence electrons. The number of hydrogen-bond donors (Lipinski definition) is 2. The maximum Gasteiger partial charge on any atom is 0.122 e. The van der Waals surface area contributed by atoms with Crippen LogP contribution in [-0.2, 0) is 6.42 Å². The predicted octanol–water partition coefficient (Wildman–Crippen LogP) is 2.68. The molecule has 2 aromatic rings. The van der Waals surface area contributed by atoms with Crippen molar-refractivity contribution in [1.29, 1.82) is 0 Å². The number of fused-ring (bicyclic) bond motifs is 1. The number of hydrazine groups is 1. The molecule has 21 heavy (non-hydrogen) atoms. The van der Waals surface area contributed by atoms with Crippen LogP contribution in [0.15, 0.2) is 42.7 Å². The lowest BCUT2D eigenvalue weighted by molar-refractivity contribution is 0.245. The molecule has 5 heteroatoms. The first-order valence-corrected chi connectivity index (χ1v) is 7.43. The minimum atomic E-state index is 0.106. The van der Waals surface area contributed by atoms with Crippen LogP contribution < -0.4 is 16.0 Å². The van der Waals surface area contributed by atoms with Crippen molar-refractivity contribution in [2.75, 3.05) is 6.61 Å². The van der Waals surface area contributed by atoms with Gasteiger partial charge in [-0.15, -0.1) is 0 Å². The second-order valence-electron chi connectivity index (χ2n) is 5.23. The van der Waals surface area contributed by atoms with Crippen LogP contribution in [0.5, 0.6) is 5.75 Å². The summed E-state index contributed by atoms with van der Waals surface area (Å²) in [5, 5.41) is 0.679. The van der Waals surface area contributed by atoms with Crippen molar-refractivity contribution in [1.82, 2.24) is 10.4 Å². The first-order chi connectivity index (χ1) is 10.3. The molecule has 0 saturated heterocycles. The van der Waals surface area contributed by atoms with Crippen LogP contribution >= 0.6 is 11.6 Å². The van der Waals surface area contributed by atoms with Gasteiger partial charge in [0.15, 0.2) is 0 Å². The number of para-hydroxylation sites is 1. The zero-order valence-corrected chi connectivity index (χ0v) is 12.4. The molecule has 4 nitrogen and oxygen atoms in total. The SMILES string of the molecule is NNC(Cc1ccncc1Cl)C1CCOc2ccccc21. The Labute approximate surface area is 129 Å². The fraction of sp³-hybridized carbons (Fsp3) is 0.312. The Bertz CT molecular complexity index is 620. The molecule has 3 rings (SSSR count). The number of rotatable bonds is 4. The quantitative estimate of drug-likeness (QED) is 0.673. The monoisotopic (exact) mass is 303 g/mol. The number of pyridine rings is 1. The zero-order chi connectivity index (χ0) is 14.7. The average molecular weight is 304 g/mol. The van der Waals surface area contributed by atoms with Gasteiger partial charge in [-0.3, -0.25) is 16.3 Å². The number of nitrogens with one attached hydrogen (secondary N) is 1. The minimum Gasteiger partial charge on any atom is -0.493 e. The number of aromatic nitrogens is 1. The molecule has 0 spiro atoms. The molecule has 3 N–H and O–H groups in total. The van der Waals surface area contributed by atoms with Gasteiger partial charge in [-0.25, -0.2) is 0 Å². The molecular formula is C16H18ClN3O. The van der Waals surface area contributed by atoms with E-state index >= 15 is 0 Å². The third-order valence-electron chi connectivity index (χ3n) is 4.00. The molecule has 0 aliphatic carbocycles. The van der Waals surface area contributed by atoms with Gasteiger partial charge in [0.1, 0.15) is 5.75 Å². The topological polar surface area (TPSA) is 60.2 Å². The van der Waals surface area contributed by atoms with Gasteiger partial charge in [0.25, 0.3) is 0 Å². The summed E-state index contributed by atoms with van der Waals surface area (Å²) >= 11 is 6.21. The summed E-state index contributed by atoms with van der Waals surface area (Å²) in [4.78, 5) is 4.02. The van der Waals surface area contributed by atoms with E-state index in [9.17, 15) is 0 Å². The van der Waals surface area contributed by atoms with Crippen molar-refractivity contribution >= 4 is 11.6 Å². The Morgan fingerprint density at radius 1 is 1.38 bits per heavy atom. The molecule has 0 fully saturated rings. The molecule has 0 saturated carbocycles. The van der Waals surface area contributed by atoms with Gasteiger partial charge in [0, 0.05) is 24.4 Å². The second kappa shape index (κ2) is 6.43. The lowest BCUT2D eigenvalue weighted by atomic mass is 9.84. The van der Waals surface area contributed by atoms with Crippen molar-refractivity contribution in [2.45, 2.75) is 24.8 Å². The molecule has 0 bridgehead atoms. The van der Waals surface area contributed by atoms with E-state index in [1.54, 1.807) is 12.4 Å². The van der Waals surface area contributed by atoms with Crippen LogP contribution in [0.4, 0.5) is 0 Å². The van der Waals surface area contributed by atoms with E-state index in [4.69, 9.17) is 22.2 Å². The molecule has 1 aliphatic heterocycles.